The predicted octanol–water partition coefficient (Wildman–Crippen LogP) is 1.49. The Morgan fingerprint density at radius 1 is 0.882 bits per heavy atom. The average Bonchev–Trinajstić information content (AvgIpc) is 2.80. The maximum Gasteiger partial charge on any atom is 0.164 e. The summed E-state index contributed by atoms with van der Waals surface area (Å²) in [4.78, 5) is 9.16. The summed E-state index contributed by atoms with van der Waals surface area (Å²) in [6.07, 6.45) is 0. The Morgan fingerprint density at radius 2 is 1.41 bits per heavy atom. The summed E-state index contributed by atoms with van der Waals surface area (Å²) in [6.45, 7) is 14.5. The lowest BCUT2D eigenvalue weighted by molar-refractivity contribution is 0.284. The van der Waals surface area contributed by atoms with Gasteiger partial charge < -0.3 is 0 Å². The van der Waals surface area contributed by atoms with E-state index in [9.17, 15) is 0 Å². The van der Waals surface area contributed by atoms with Crippen LogP contribution in [0.3, 0.4) is 0 Å². The van der Waals surface area contributed by atoms with Crippen molar-refractivity contribution in [1.29, 1.82) is 0 Å². The molecule has 0 unspecified atom stereocenters. The van der Waals surface area contributed by atoms with E-state index >= 15 is 0 Å². The van der Waals surface area contributed by atoms with E-state index < -0.39 is 0 Å². The van der Waals surface area contributed by atoms with Gasteiger partial charge in [-0.3, -0.25) is 14.9 Å². The smallest absolute Gasteiger partial charge is 0.164 e. The fourth-order valence-electron chi connectivity index (χ4n) is 1.78. The summed E-state index contributed by atoms with van der Waals surface area (Å²) >= 11 is 0. The van der Waals surface area contributed by atoms with Gasteiger partial charge in [0.05, 0.1) is 13.1 Å². The maximum absolute atomic E-state index is 4.53. The minimum Gasteiger partial charge on any atom is -0.297 e. The number of nitrogens with zero attached hydrogens (tertiary/aromatic N) is 4. The lowest BCUT2D eigenvalue weighted by Gasteiger charge is -2.16. The zero-order valence-electron chi connectivity index (χ0n) is 11.5. The van der Waals surface area contributed by atoms with E-state index in [0.717, 1.165) is 50.9 Å². The van der Waals surface area contributed by atoms with Gasteiger partial charge in [-0.05, 0) is 26.2 Å². The summed E-state index contributed by atoms with van der Waals surface area (Å²) in [5.41, 5.74) is 0. The number of rotatable bonds is 8. The van der Waals surface area contributed by atoms with Crippen molar-refractivity contribution < 1.29 is 0 Å². The van der Waals surface area contributed by atoms with Gasteiger partial charge in [0.1, 0.15) is 5.82 Å². The van der Waals surface area contributed by atoms with Gasteiger partial charge in [-0.25, -0.2) is 4.98 Å². The Morgan fingerprint density at radius 3 is 1.94 bits per heavy atom. The van der Waals surface area contributed by atoms with Gasteiger partial charge in [-0.2, -0.15) is 5.10 Å². The van der Waals surface area contributed by atoms with Gasteiger partial charge in [0.25, 0.3) is 0 Å². The van der Waals surface area contributed by atoms with Gasteiger partial charge >= 0.3 is 0 Å². The molecule has 0 atom stereocenters. The van der Waals surface area contributed by atoms with Crippen LogP contribution >= 0.6 is 0 Å². The monoisotopic (exact) mass is 239 g/mol. The quantitative estimate of drug-likeness (QED) is 0.746. The van der Waals surface area contributed by atoms with Crippen molar-refractivity contribution in [2.75, 3.05) is 26.2 Å². The maximum atomic E-state index is 4.53. The van der Waals surface area contributed by atoms with Crippen LogP contribution in [0.15, 0.2) is 0 Å². The minimum atomic E-state index is 0.835. The highest BCUT2D eigenvalue weighted by Crippen LogP contribution is 2.02. The second kappa shape index (κ2) is 7.40. The normalized spacial score (nSPS) is 11.6. The van der Waals surface area contributed by atoms with Crippen molar-refractivity contribution in [3.8, 4) is 0 Å². The molecule has 0 fully saturated rings. The molecule has 1 N–H and O–H groups in total. The van der Waals surface area contributed by atoms with E-state index in [4.69, 9.17) is 0 Å². The first-order chi connectivity index (χ1) is 8.23. The Kier molecular flexibility index (Phi) is 6.15. The summed E-state index contributed by atoms with van der Waals surface area (Å²) in [5, 5.41) is 7.30. The molecule has 0 spiro atoms. The first-order valence-electron chi connectivity index (χ1n) is 6.58. The lowest BCUT2D eigenvalue weighted by atomic mass is 10.4. The van der Waals surface area contributed by atoms with E-state index in [0.29, 0.717) is 0 Å². The van der Waals surface area contributed by atoms with Crippen LogP contribution in [0, 0.1) is 0 Å². The molecule has 98 valence electrons. The third-order valence-corrected chi connectivity index (χ3v) is 3.11. The number of nitrogens with one attached hydrogen (secondary N) is 1. The second-order valence-corrected chi connectivity index (χ2v) is 4.12. The second-order valence-electron chi connectivity index (χ2n) is 4.12. The Labute approximate surface area is 104 Å². The number of hydrogen-bond donors (Lipinski definition) is 1. The SMILES string of the molecule is CCN(CC)Cc1n[nH]c(CN(CC)CC)n1. The summed E-state index contributed by atoms with van der Waals surface area (Å²) in [7, 11) is 0. The van der Waals surface area contributed by atoms with Crippen LogP contribution in [0.4, 0.5) is 0 Å². The molecule has 0 radical (unpaired) electrons. The highest BCUT2D eigenvalue weighted by molar-refractivity contribution is 4.90. The van der Waals surface area contributed by atoms with Crippen LogP contribution in [0.5, 0.6) is 0 Å². The highest BCUT2D eigenvalue weighted by Gasteiger charge is 2.09. The molecule has 1 aromatic heterocycles. The Bertz CT molecular complexity index is 273. The van der Waals surface area contributed by atoms with Gasteiger partial charge in [0.15, 0.2) is 5.82 Å². The third-order valence-electron chi connectivity index (χ3n) is 3.11. The van der Waals surface area contributed by atoms with E-state index in [-0.39, 0.29) is 0 Å². The van der Waals surface area contributed by atoms with Crippen molar-refractivity contribution in [3.05, 3.63) is 11.6 Å². The van der Waals surface area contributed by atoms with Crippen molar-refractivity contribution in [3.63, 3.8) is 0 Å². The van der Waals surface area contributed by atoms with Gasteiger partial charge in [0.2, 0.25) is 0 Å². The van der Waals surface area contributed by atoms with Crippen LogP contribution in [0.25, 0.3) is 0 Å². The molecule has 1 heterocycles. The van der Waals surface area contributed by atoms with Gasteiger partial charge in [0, 0.05) is 0 Å². The van der Waals surface area contributed by atoms with Crippen molar-refractivity contribution in [2.24, 2.45) is 0 Å². The fraction of sp³-hybridized carbons (Fsp3) is 0.833. The van der Waals surface area contributed by atoms with Crippen molar-refractivity contribution >= 4 is 0 Å². The molecule has 1 rings (SSSR count). The van der Waals surface area contributed by atoms with Crippen LogP contribution < -0.4 is 0 Å². The van der Waals surface area contributed by atoms with Crippen LogP contribution in [-0.4, -0.2) is 51.2 Å². The van der Waals surface area contributed by atoms with Gasteiger partial charge in [-0.1, -0.05) is 27.7 Å². The number of aromatic nitrogens is 3. The largest absolute Gasteiger partial charge is 0.297 e. The molecule has 0 aromatic carbocycles. The molecule has 5 heteroatoms. The molecule has 0 aliphatic heterocycles. The van der Waals surface area contributed by atoms with Crippen molar-refractivity contribution in [2.45, 2.75) is 40.8 Å². The summed E-state index contributed by atoms with van der Waals surface area (Å²) in [6, 6.07) is 0. The highest BCUT2D eigenvalue weighted by atomic mass is 15.3. The van der Waals surface area contributed by atoms with Gasteiger partial charge in [-0.15, -0.1) is 0 Å². The predicted molar refractivity (Wildman–Crippen MR) is 69.6 cm³/mol. The minimum absolute atomic E-state index is 0.835. The zero-order valence-corrected chi connectivity index (χ0v) is 11.5. The van der Waals surface area contributed by atoms with Crippen LogP contribution in [-0.2, 0) is 13.1 Å². The Hall–Kier alpha value is -0.940. The Balaban J connectivity index is 2.52. The molecule has 0 aliphatic rings. The molecule has 0 saturated carbocycles. The first kappa shape index (κ1) is 14.1. The molecule has 0 bridgehead atoms. The third kappa shape index (κ3) is 4.44. The van der Waals surface area contributed by atoms with E-state index in [1.165, 1.54) is 0 Å². The number of hydrogen-bond acceptors (Lipinski definition) is 4. The number of aromatic amines is 1. The summed E-state index contributed by atoms with van der Waals surface area (Å²) < 4.78 is 0. The molecule has 0 saturated heterocycles. The van der Waals surface area contributed by atoms with E-state index in [1.54, 1.807) is 0 Å². The van der Waals surface area contributed by atoms with Crippen LogP contribution in [0.2, 0.25) is 0 Å². The zero-order chi connectivity index (χ0) is 12.7. The number of H-pyrrole nitrogens is 1. The molecule has 5 nitrogen and oxygen atoms in total. The molecule has 0 aliphatic carbocycles. The molecular formula is C12H25N5. The lowest BCUT2D eigenvalue weighted by Crippen LogP contribution is -2.23. The first-order valence-corrected chi connectivity index (χ1v) is 6.58. The molecule has 17 heavy (non-hydrogen) atoms. The van der Waals surface area contributed by atoms with Crippen molar-refractivity contribution in [1.82, 2.24) is 25.0 Å². The van der Waals surface area contributed by atoms with E-state index in [1.807, 2.05) is 0 Å². The summed E-state index contributed by atoms with van der Waals surface area (Å²) in [5.74, 6) is 1.87. The molecule has 0 amide bonds. The molecule has 1 aromatic rings. The topological polar surface area (TPSA) is 48.1 Å². The van der Waals surface area contributed by atoms with E-state index in [2.05, 4.69) is 52.7 Å². The average molecular weight is 239 g/mol. The standard InChI is InChI=1S/C12H25N5/c1-5-16(6-2)9-11-13-12(15-14-11)10-17(7-3)8-4/h5-10H2,1-4H3,(H,13,14,15). The fourth-order valence-corrected chi connectivity index (χ4v) is 1.78. The molecular weight excluding hydrogens is 214 g/mol. The van der Waals surface area contributed by atoms with Crippen LogP contribution in [0.1, 0.15) is 39.3 Å².